The highest BCUT2D eigenvalue weighted by atomic mass is 32.2. The molecule has 5 nitrogen and oxygen atoms in total. The zero-order valence-electron chi connectivity index (χ0n) is 14.4. The van der Waals surface area contributed by atoms with Crippen molar-refractivity contribution >= 4 is 17.7 Å². The van der Waals surface area contributed by atoms with Gasteiger partial charge in [0.2, 0.25) is 11.7 Å². The van der Waals surface area contributed by atoms with Crippen molar-refractivity contribution in [3.05, 3.63) is 41.2 Å². The molecule has 2 atom stereocenters. The molecule has 0 aliphatic heterocycles. The summed E-state index contributed by atoms with van der Waals surface area (Å²) in [6.45, 7) is 1.65. The van der Waals surface area contributed by atoms with E-state index in [4.69, 9.17) is 0 Å². The summed E-state index contributed by atoms with van der Waals surface area (Å²) in [5, 5.41) is 9.23. The quantitative estimate of drug-likeness (QED) is 0.820. The van der Waals surface area contributed by atoms with Crippen LogP contribution in [0.15, 0.2) is 29.4 Å². The van der Waals surface area contributed by atoms with Crippen LogP contribution < -0.4 is 5.32 Å². The molecule has 1 amide bonds. The molecular weight excluding hydrogens is 365 g/mol. The fraction of sp³-hybridized carbons (Fsp3) is 0.471. The van der Waals surface area contributed by atoms with Crippen molar-refractivity contribution in [1.82, 2.24) is 20.1 Å². The second-order valence-electron chi connectivity index (χ2n) is 6.28. The molecule has 1 aromatic carbocycles. The molecule has 0 saturated heterocycles. The molecule has 26 heavy (non-hydrogen) atoms. The first-order chi connectivity index (χ1) is 12.3. The van der Waals surface area contributed by atoms with Gasteiger partial charge < -0.3 is 9.88 Å². The Labute approximate surface area is 153 Å². The monoisotopic (exact) mass is 384 g/mol. The number of nitrogens with zero attached hydrogens (tertiary/aromatic N) is 3. The van der Waals surface area contributed by atoms with Crippen molar-refractivity contribution in [2.45, 2.75) is 48.8 Å². The number of thioether (sulfide) groups is 1. The summed E-state index contributed by atoms with van der Waals surface area (Å²) < 4.78 is 39.3. The maximum Gasteiger partial charge on any atom is 0.451 e. The van der Waals surface area contributed by atoms with E-state index in [0.29, 0.717) is 0 Å². The minimum Gasteiger partial charge on any atom is -0.348 e. The van der Waals surface area contributed by atoms with E-state index < -0.39 is 17.3 Å². The van der Waals surface area contributed by atoms with Crippen LogP contribution in [0.5, 0.6) is 0 Å². The maximum atomic E-state index is 12.8. The van der Waals surface area contributed by atoms with Crippen LogP contribution in [0.25, 0.3) is 0 Å². The molecule has 1 aliphatic rings. The van der Waals surface area contributed by atoms with E-state index in [1.54, 1.807) is 6.92 Å². The number of aryl methyl sites for hydroxylation is 1. The zero-order valence-corrected chi connectivity index (χ0v) is 15.2. The topological polar surface area (TPSA) is 59.8 Å². The van der Waals surface area contributed by atoms with E-state index in [1.807, 2.05) is 18.2 Å². The Balaban J connectivity index is 1.67. The van der Waals surface area contributed by atoms with Crippen molar-refractivity contribution in [3.8, 4) is 0 Å². The van der Waals surface area contributed by atoms with Gasteiger partial charge in [-0.1, -0.05) is 36.0 Å². The van der Waals surface area contributed by atoms with Gasteiger partial charge in [-0.25, -0.2) is 0 Å². The van der Waals surface area contributed by atoms with E-state index in [0.717, 1.165) is 41.2 Å². The molecule has 0 unspecified atom stereocenters. The van der Waals surface area contributed by atoms with Gasteiger partial charge in [0, 0.05) is 7.05 Å². The number of carbonyl (C=O) groups is 1. The third kappa shape index (κ3) is 3.87. The number of hydrogen-bond acceptors (Lipinski definition) is 4. The van der Waals surface area contributed by atoms with Crippen molar-refractivity contribution in [1.29, 1.82) is 0 Å². The molecule has 0 bridgehead atoms. The Morgan fingerprint density at radius 3 is 2.77 bits per heavy atom. The number of nitrogens with one attached hydrogen (secondary N) is 1. The van der Waals surface area contributed by atoms with E-state index in [-0.39, 0.29) is 17.1 Å². The number of amides is 1. The Morgan fingerprint density at radius 1 is 1.35 bits per heavy atom. The second kappa shape index (κ2) is 7.30. The lowest BCUT2D eigenvalue weighted by molar-refractivity contribution is -0.147. The predicted octanol–water partition coefficient (Wildman–Crippen LogP) is 3.51. The number of aromatic nitrogens is 3. The molecule has 0 fully saturated rings. The molecule has 0 saturated carbocycles. The number of rotatable bonds is 4. The zero-order chi connectivity index (χ0) is 18.9. The molecule has 140 valence electrons. The Hall–Kier alpha value is -2.03. The van der Waals surface area contributed by atoms with Crippen LogP contribution in [0.4, 0.5) is 13.2 Å². The molecule has 1 N–H and O–H groups in total. The van der Waals surface area contributed by atoms with Crippen LogP contribution in [0.3, 0.4) is 0 Å². The highest BCUT2D eigenvalue weighted by Crippen LogP contribution is 2.32. The van der Waals surface area contributed by atoms with Crippen LogP contribution in [0.2, 0.25) is 0 Å². The van der Waals surface area contributed by atoms with Gasteiger partial charge in [0.1, 0.15) is 0 Å². The first-order valence-electron chi connectivity index (χ1n) is 8.29. The first-order valence-corrected chi connectivity index (χ1v) is 9.16. The fourth-order valence-corrected chi connectivity index (χ4v) is 3.89. The standard InChI is InChI=1S/C17H19F3N4OS/c1-10(26-16-23-22-15(24(16)2)17(18,19)20)14(25)21-13-9-5-7-11-6-3-4-8-12(11)13/h3-4,6,8,10,13H,5,7,9H2,1-2H3,(H,21,25)/t10-,13+/m0/s1. The Kier molecular flexibility index (Phi) is 5.27. The van der Waals surface area contributed by atoms with Crippen LogP contribution in [0, 0.1) is 0 Å². The molecular formula is C17H19F3N4OS. The van der Waals surface area contributed by atoms with Crippen LogP contribution in [0.1, 0.15) is 42.8 Å². The van der Waals surface area contributed by atoms with Gasteiger partial charge in [-0.15, -0.1) is 10.2 Å². The predicted molar refractivity (Wildman–Crippen MR) is 91.6 cm³/mol. The molecule has 9 heteroatoms. The maximum absolute atomic E-state index is 12.8. The molecule has 1 heterocycles. The minimum atomic E-state index is -4.57. The number of carbonyl (C=O) groups excluding carboxylic acids is 1. The molecule has 1 aromatic heterocycles. The third-order valence-corrected chi connectivity index (χ3v) is 5.56. The summed E-state index contributed by atoms with van der Waals surface area (Å²) in [6, 6.07) is 7.92. The second-order valence-corrected chi connectivity index (χ2v) is 7.58. The average molecular weight is 384 g/mol. The lowest BCUT2D eigenvalue weighted by atomic mass is 9.88. The highest BCUT2D eigenvalue weighted by molar-refractivity contribution is 8.00. The van der Waals surface area contributed by atoms with Gasteiger partial charge in [-0.05, 0) is 37.3 Å². The third-order valence-electron chi connectivity index (χ3n) is 4.43. The fourth-order valence-electron chi connectivity index (χ4n) is 3.07. The average Bonchev–Trinajstić information content (AvgIpc) is 2.96. The summed E-state index contributed by atoms with van der Waals surface area (Å²) in [6.07, 6.45) is -1.74. The Morgan fingerprint density at radius 2 is 2.08 bits per heavy atom. The van der Waals surface area contributed by atoms with E-state index in [1.165, 1.54) is 12.6 Å². The summed E-state index contributed by atoms with van der Waals surface area (Å²) in [5.41, 5.74) is 2.34. The van der Waals surface area contributed by atoms with Crippen molar-refractivity contribution < 1.29 is 18.0 Å². The first kappa shape index (κ1) is 18.8. The summed E-state index contributed by atoms with van der Waals surface area (Å²) >= 11 is 0.962. The number of hydrogen-bond donors (Lipinski definition) is 1. The van der Waals surface area contributed by atoms with Crippen LogP contribution in [-0.2, 0) is 24.4 Å². The van der Waals surface area contributed by atoms with Crippen LogP contribution in [-0.4, -0.2) is 25.9 Å². The number of halogens is 3. The highest BCUT2D eigenvalue weighted by Gasteiger charge is 2.38. The Bertz CT molecular complexity index is 806. The summed E-state index contributed by atoms with van der Waals surface area (Å²) in [4.78, 5) is 12.5. The van der Waals surface area contributed by atoms with Gasteiger partial charge in [0.15, 0.2) is 5.16 Å². The number of fused-ring (bicyclic) bond motifs is 1. The van der Waals surface area contributed by atoms with E-state index >= 15 is 0 Å². The lowest BCUT2D eigenvalue weighted by Gasteiger charge is -2.27. The number of alkyl halides is 3. The van der Waals surface area contributed by atoms with E-state index in [9.17, 15) is 18.0 Å². The smallest absolute Gasteiger partial charge is 0.348 e. The summed E-state index contributed by atoms with van der Waals surface area (Å²) in [5.74, 6) is -1.30. The van der Waals surface area contributed by atoms with Crippen LogP contribution >= 0.6 is 11.8 Å². The van der Waals surface area contributed by atoms with Crippen molar-refractivity contribution in [2.24, 2.45) is 7.05 Å². The van der Waals surface area contributed by atoms with Crippen molar-refractivity contribution in [3.63, 3.8) is 0 Å². The number of benzene rings is 1. The van der Waals surface area contributed by atoms with Gasteiger partial charge in [-0.2, -0.15) is 13.2 Å². The normalized spacial score (nSPS) is 18.3. The summed E-state index contributed by atoms with van der Waals surface area (Å²) in [7, 11) is 1.24. The molecule has 1 aliphatic carbocycles. The van der Waals surface area contributed by atoms with Crippen molar-refractivity contribution in [2.75, 3.05) is 0 Å². The largest absolute Gasteiger partial charge is 0.451 e. The van der Waals surface area contributed by atoms with Gasteiger partial charge >= 0.3 is 6.18 Å². The van der Waals surface area contributed by atoms with E-state index in [2.05, 4.69) is 21.6 Å². The molecule has 3 rings (SSSR count). The van der Waals surface area contributed by atoms with Gasteiger partial charge in [-0.3, -0.25) is 4.79 Å². The lowest BCUT2D eigenvalue weighted by Crippen LogP contribution is -2.36. The minimum absolute atomic E-state index is 0.0593. The SMILES string of the molecule is C[C@H](Sc1nnc(C(F)(F)F)n1C)C(=O)N[C@@H]1CCCc2ccccc21. The molecule has 2 aromatic rings. The van der Waals surface area contributed by atoms with Gasteiger partial charge in [0.25, 0.3) is 0 Å². The molecule has 0 spiro atoms. The molecule has 0 radical (unpaired) electrons. The van der Waals surface area contributed by atoms with Gasteiger partial charge in [0.05, 0.1) is 11.3 Å².